The average Bonchev–Trinajstić information content (AvgIpc) is 2.83. The zero-order chi connectivity index (χ0) is 16.3. The zero-order valence-electron chi connectivity index (χ0n) is 13.1. The van der Waals surface area contributed by atoms with Gasteiger partial charge < -0.3 is 9.64 Å². The second-order valence-corrected chi connectivity index (χ2v) is 5.03. The van der Waals surface area contributed by atoms with Gasteiger partial charge in [-0.25, -0.2) is 4.79 Å². The van der Waals surface area contributed by atoms with Crippen LogP contribution in [-0.2, 0) is 16.1 Å². The molecular weight excluding hydrogens is 278 g/mol. The lowest BCUT2D eigenvalue weighted by molar-refractivity contribution is -0.135. The molecule has 0 radical (unpaired) electrons. The average molecular weight is 297 g/mol. The molecular formula is C18H19NO3. The van der Waals surface area contributed by atoms with Gasteiger partial charge >= 0.3 is 5.97 Å². The van der Waals surface area contributed by atoms with Gasteiger partial charge in [0.05, 0.1) is 24.9 Å². The van der Waals surface area contributed by atoms with Crippen LogP contribution >= 0.6 is 0 Å². The van der Waals surface area contributed by atoms with Gasteiger partial charge in [-0.15, -0.1) is 0 Å². The van der Waals surface area contributed by atoms with Crippen molar-refractivity contribution >= 4 is 11.9 Å². The largest absolute Gasteiger partial charge is 0.465 e. The van der Waals surface area contributed by atoms with Crippen molar-refractivity contribution in [1.29, 1.82) is 0 Å². The topological polar surface area (TPSA) is 46.6 Å². The summed E-state index contributed by atoms with van der Waals surface area (Å²) >= 11 is 0. The molecule has 2 rings (SSSR count). The van der Waals surface area contributed by atoms with Crippen molar-refractivity contribution in [2.45, 2.75) is 20.4 Å². The van der Waals surface area contributed by atoms with E-state index in [2.05, 4.69) is 6.58 Å². The fraction of sp³-hybridized carbons (Fsp3) is 0.222. The number of allylic oxidation sites excluding steroid dienone is 3. The van der Waals surface area contributed by atoms with E-state index in [9.17, 15) is 9.59 Å². The first-order valence-corrected chi connectivity index (χ1v) is 7.02. The Hall–Kier alpha value is -2.62. The van der Waals surface area contributed by atoms with Crippen molar-refractivity contribution in [2.24, 2.45) is 0 Å². The zero-order valence-corrected chi connectivity index (χ0v) is 13.1. The number of ether oxygens (including phenoxy) is 1. The van der Waals surface area contributed by atoms with Crippen LogP contribution in [0.5, 0.6) is 0 Å². The Kier molecular flexibility index (Phi) is 4.61. The molecule has 0 aliphatic carbocycles. The summed E-state index contributed by atoms with van der Waals surface area (Å²) in [6.45, 7) is 7.80. The summed E-state index contributed by atoms with van der Waals surface area (Å²) < 4.78 is 4.80. The van der Waals surface area contributed by atoms with Crippen LogP contribution < -0.4 is 0 Å². The maximum Gasteiger partial charge on any atom is 0.339 e. The van der Waals surface area contributed by atoms with E-state index >= 15 is 0 Å². The highest BCUT2D eigenvalue weighted by Gasteiger charge is 2.32. The Balaban J connectivity index is 2.43. The number of amides is 1. The van der Waals surface area contributed by atoms with Crippen molar-refractivity contribution in [2.75, 3.05) is 7.11 Å². The Morgan fingerprint density at radius 3 is 2.73 bits per heavy atom. The van der Waals surface area contributed by atoms with Crippen LogP contribution in [0, 0.1) is 6.92 Å². The fourth-order valence-electron chi connectivity index (χ4n) is 2.55. The lowest BCUT2D eigenvalue weighted by atomic mass is 10.1. The van der Waals surface area contributed by atoms with Crippen LogP contribution in [0.15, 0.2) is 54.3 Å². The third-order valence-electron chi connectivity index (χ3n) is 3.60. The van der Waals surface area contributed by atoms with E-state index in [1.807, 2.05) is 25.1 Å². The molecule has 1 aliphatic heterocycles. The van der Waals surface area contributed by atoms with E-state index in [1.54, 1.807) is 24.0 Å². The van der Waals surface area contributed by atoms with Gasteiger partial charge in [-0.1, -0.05) is 36.4 Å². The summed E-state index contributed by atoms with van der Waals surface area (Å²) in [6, 6.07) is 5.80. The predicted octanol–water partition coefficient (Wildman–Crippen LogP) is 3.14. The lowest BCUT2D eigenvalue weighted by Crippen LogP contribution is -2.27. The Morgan fingerprint density at radius 1 is 1.41 bits per heavy atom. The number of esters is 1. The Morgan fingerprint density at radius 2 is 2.14 bits per heavy atom. The number of benzene rings is 1. The minimum absolute atomic E-state index is 0.106. The summed E-state index contributed by atoms with van der Waals surface area (Å²) in [7, 11) is 1.32. The molecule has 22 heavy (non-hydrogen) atoms. The van der Waals surface area contributed by atoms with Crippen LogP contribution in [0.2, 0.25) is 0 Å². The van der Waals surface area contributed by atoms with Gasteiger partial charge in [0.2, 0.25) is 0 Å². The second-order valence-electron chi connectivity index (χ2n) is 5.03. The van der Waals surface area contributed by atoms with Gasteiger partial charge in [-0.3, -0.25) is 4.79 Å². The summed E-state index contributed by atoms with van der Waals surface area (Å²) in [5.41, 5.74) is 3.52. The number of nitrogens with zero attached hydrogens (tertiary/aromatic N) is 1. The Labute approximate surface area is 130 Å². The SMILES string of the molecule is C=C/C=C(C(=O)OC)\C(=C/C)N1Cc2ccc(C)cc2C1=O. The third kappa shape index (κ3) is 2.72. The molecule has 0 saturated carbocycles. The van der Waals surface area contributed by atoms with E-state index in [0.717, 1.165) is 11.1 Å². The molecule has 1 aromatic rings. The molecule has 0 aromatic heterocycles. The lowest BCUT2D eigenvalue weighted by Gasteiger charge is -2.20. The summed E-state index contributed by atoms with van der Waals surface area (Å²) in [6.07, 6.45) is 4.80. The molecule has 0 saturated heterocycles. The maximum atomic E-state index is 12.6. The van der Waals surface area contributed by atoms with Crippen LogP contribution in [0.3, 0.4) is 0 Å². The molecule has 4 heteroatoms. The van der Waals surface area contributed by atoms with Crippen molar-refractivity contribution in [3.8, 4) is 0 Å². The first-order chi connectivity index (χ1) is 10.5. The van der Waals surface area contributed by atoms with Crippen LogP contribution in [0.4, 0.5) is 0 Å². The highest BCUT2D eigenvalue weighted by molar-refractivity contribution is 6.02. The van der Waals surface area contributed by atoms with Crippen LogP contribution in [0.1, 0.15) is 28.4 Å². The second kappa shape index (κ2) is 6.43. The summed E-state index contributed by atoms with van der Waals surface area (Å²) in [4.78, 5) is 26.2. The molecule has 114 valence electrons. The number of carbonyl (C=O) groups is 2. The summed E-state index contributed by atoms with van der Waals surface area (Å²) in [5, 5.41) is 0. The van der Waals surface area contributed by atoms with E-state index in [-0.39, 0.29) is 5.91 Å². The number of hydrogen-bond acceptors (Lipinski definition) is 3. The molecule has 0 fully saturated rings. The minimum Gasteiger partial charge on any atom is -0.465 e. The Bertz CT molecular complexity index is 698. The van der Waals surface area contributed by atoms with Gasteiger partial charge in [0.15, 0.2) is 0 Å². The highest BCUT2D eigenvalue weighted by Crippen LogP contribution is 2.30. The maximum absolute atomic E-state index is 12.6. The summed E-state index contributed by atoms with van der Waals surface area (Å²) in [5.74, 6) is -0.599. The van der Waals surface area contributed by atoms with Crippen LogP contribution in [0.25, 0.3) is 0 Å². The predicted molar refractivity (Wildman–Crippen MR) is 85.1 cm³/mol. The molecule has 1 amide bonds. The van der Waals surface area contributed by atoms with Gasteiger partial charge in [-0.2, -0.15) is 0 Å². The van der Waals surface area contributed by atoms with E-state index in [1.165, 1.54) is 13.2 Å². The molecule has 4 nitrogen and oxygen atoms in total. The van der Waals surface area contributed by atoms with Crippen molar-refractivity contribution < 1.29 is 14.3 Å². The number of methoxy groups -OCH3 is 1. The molecule has 0 spiro atoms. The molecule has 1 aliphatic rings. The van der Waals surface area contributed by atoms with E-state index < -0.39 is 5.97 Å². The van der Waals surface area contributed by atoms with Crippen molar-refractivity contribution in [3.63, 3.8) is 0 Å². The minimum atomic E-state index is -0.493. The number of carbonyl (C=O) groups excluding carboxylic acids is 2. The smallest absolute Gasteiger partial charge is 0.339 e. The van der Waals surface area contributed by atoms with Crippen molar-refractivity contribution in [1.82, 2.24) is 4.90 Å². The fourth-order valence-corrected chi connectivity index (χ4v) is 2.55. The van der Waals surface area contributed by atoms with Crippen molar-refractivity contribution in [3.05, 3.63) is 71.0 Å². The normalized spacial score (nSPS) is 14.9. The molecule has 1 heterocycles. The molecule has 0 atom stereocenters. The van der Waals surface area contributed by atoms with Gasteiger partial charge in [0, 0.05) is 5.56 Å². The number of rotatable bonds is 4. The van der Waals surface area contributed by atoms with Gasteiger partial charge in [-0.05, 0) is 31.6 Å². The van der Waals surface area contributed by atoms with Gasteiger partial charge in [0.1, 0.15) is 0 Å². The monoisotopic (exact) mass is 297 g/mol. The number of fused-ring (bicyclic) bond motifs is 1. The quantitative estimate of drug-likeness (QED) is 0.487. The molecule has 1 aromatic carbocycles. The third-order valence-corrected chi connectivity index (χ3v) is 3.60. The van der Waals surface area contributed by atoms with Crippen LogP contribution in [-0.4, -0.2) is 23.9 Å². The molecule has 0 N–H and O–H groups in total. The van der Waals surface area contributed by atoms with E-state index in [4.69, 9.17) is 4.74 Å². The first kappa shape index (κ1) is 15.8. The first-order valence-electron chi connectivity index (χ1n) is 7.02. The highest BCUT2D eigenvalue weighted by atomic mass is 16.5. The number of hydrogen-bond donors (Lipinski definition) is 0. The van der Waals surface area contributed by atoms with Gasteiger partial charge in [0.25, 0.3) is 5.91 Å². The van der Waals surface area contributed by atoms with E-state index in [0.29, 0.717) is 23.4 Å². The standard InChI is InChI=1S/C18H19NO3/c1-5-7-14(18(21)22-4)16(6-2)19-11-13-9-8-12(3)10-15(13)17(19)20/h5-10H,1,11H2,2-4H3/b14-7+,16-6+. The number of aryl methyl sites for hydroxylation is 1. The molecule has 0 unspecified atom stereocenters. The molecule has 0 bridgehead atoms.